The quantitative estimate of drug-likeness (QED) is 0.869. The maximum Gasteiger partial charge on any atom is 0.271 e. The third-order valence-electron chi connectivity index (χ3n) is 1.67. The lowest BCUT2D eigenvalue weighted by atomic mass is 10.3. The van der Waals surface area contributed by atoms with E-state index in [2.05, 4.69) is 26.2 Å². The number of aliphatic hydroxyl groups is 1. The van der Waals surface area contributed by atoms with Gasteiger partial charge in [-0.15, -0.1) is 0 Å². The molecule has 0 aliphatic rings. The number of nitrogens with zero attached hydrogens (tertiary/aromatic N) is 1. The molecule has 0 aliphatic heterocycles. The first kappa shape index (κ1) is 12.1. The van der Waals surface area contributed by atoms with Gasteiger partial charge in [-0.2, -0.15) is 0 Å². The number of halogens is 2. The van der Waals surface area contributed by atoms with Crippen LogP contribution in [0.1, 0.15) is 17.4 Å². The first-order chi connectivity index (χ1) is 7.04. The van der Waals surface area contributed by atoms with Gasteiger partial charge in [-0.3, -0.25) is 4.79 Å². The van der Waals surface area contributed by atoms with Gasteiger partial charge in [0.25, 0.3) is 5.91 Å². The molecule has 82 valence electrons. The van der Waals surface area contributed by atoms with E-state index in [9.17, 15) is 9.18 Å². The summed E-state index contributed by atoms with van der Waals surface area (Å²) in [5.41, 5.74) is 0.0942. The van der Waals surface area contributed by atoms with Crippen molar-refractivity contribution in [2.45, 2.75) is 13.0 Å². The molecule has 0 aliphatic carbocycles. The molecule has 0 bridgehead atoms. The minimum Gasteiger partial charge on any atom is -0.394 e. The lowest BCUT2D eigenvalue weighted by molar-refractivity contribution is 0.0916. The molecule has 1 atom stereocenters. The number of pyridine rings is 1. The molecule has 1 heterocycles. The SMILES string of the molecule is CC(CO)NC(=O)c1ncc(F)cc1Br. The third-order valence-corrected chi connectivity index (χ3v) is 2.28. The number of aromatic nitrogens is 1. The van der Waals surface area contributed by atoms with E-state index < -0.39 is 11.7 Å². The van der Waals surface area contributed by atoms with Crippen LogP contribution in [0.25, 0.3) is 0 Å². The standard InChI is InChI=1S/C9H10BrFN2O2/c1-5(4-14)13-9(15)8-7(10)2-6(11)3-12-8/h2-3,5,14H,4H2,1H3,(H,13,15). The maximum atomic E-state index is 12.7. The zero-order chi connectivity index (χ0) is 11.4. The van der Waals surface area contributed by atoms with E-state index >= 15 is 0 Å². The van der Waals surface area contributed by atoms with Crippen LogP contribution in [-0.4, -0.2) is 28.6 Å². The van der Waals surface area contributed by atoms with Gasteiger partial charge in [0.05, 0.1) is 17.3 Å². The van der Waals surface area contributed by atoms with Crippen LogP contribution in [0.15, 0.2) is 16.7 Å². The van der Waals surface area contributed by atoms with Gasteiger partial charge in [-0.05, 0) is 28.9 Å². The number of nitrogens with one attached hydrogen (secondary N) is 1. The summed E-state index contributed by atoms with van der Waals surface area (Å²) in [6.45, 7) is 1.49. The Kier molecular flexibility index (Phi) is 4.16. The summed E-state index contributed by atoms with van der Waals surface area (Å²) in [7, 11) is 0. The Balaban J connectivity index is 2.82. The summed E-state index contributed by atoms with van der Waals surface area (Å²) < 4.78 is 13.0. The van der Waals surface area contributed by atoms with Crippen molar-refractivity contribution < 1.29 is 14.3 Å². The van der Waals surface area contributed by atoms with Crippen LogP contribution in [0.5, 0.6) is 0 Å². The molecule has 1 aromatic rings. The number of amides is 1. The number of carbonyl (C=O) groups is 1. The van der Waals surface area contributed by atoms with Gasteiger partial charge in [-0.1, -0.05) is 0 Å². The Morgan fingerprint density at radius 2 is 2.47 bits per heavy atom. The fourth-order valence-corrected chi connectivity index (χ4v) is 1.42. The normalized spacial score (nSPS) is 12.3. The molecule has 1 aromatic heterocycles. The summed E-state index contributed by atoms with van der Waals surface area (Å²) in [4.78, 5) is 15.2. The minimum absolute atomic E-state index is 0.0942. The summed E-state index contributed by atoms with van der Waals surface area (Å²) in [5.74, 6) is -0.975. The summed E-state index contributed by atoms with van der Waals surface area (Å²) >= 11 is 3.03. The highest BCUT2D eigenvalue weighted by molar-refractivity contribution is 9.10. The lowest BCUT2D eigenvalue weighted by Gasteiger charge is -2.10. The van der Waals surface area contributed by atoms with Crippen LogP contribution >= 0.6 is 15.9 Å². The van der Waals surface area contributed by atoms with Crippen molar-refractivity contribution in [3.8, 4) is 0 Å². The van der Waals surface area contributed by atoms with Gasteiger partial charge in [0.1, 0.15) is 11.5 Å². The lowest BCUT2D eigenvalue weighted by Crippen LogP contribution is -2.35. The topological polar surface area (TPSA) is 62.2 Å². The Labute approximate surface area is 94.6 Å². The molecule has 6 heteroatoms. The average molecular weight is 277 g/mol. The number of hydrogen-bond acceptors (Lipinski definition) is 3. The van der Waals surface area contributed by atoms with Gasteiger partial charge in [0, 0.05) is 6.04 Å². The van der Waals surface area contributed by atoms with Crippen molar-refractivity contribution in [3.05, 3.63) is 28.2 Å². The smallest absolute Gasteiger partial charge is 0.271 e. The Hall–Kier alpha value is -1.01. The Bertz CT molecular complexity index is 373. The molecule has 1 rings (SSSR count). The molecule has 0 saturated heterocycles. The molecule has 4 nitrogen and oxygen atoms in total. The van der Waals surface area contributed by atoms with Crippen molar-refractivity contribution in [2.75, 3.05) is 6.61 Å². The van der Waals surface area contributed by atoms with Crippen molar-refractivity contribution >= 4 is 21.8 Å². The largest absolute Gasteiger partial charge is 0.394 e. The van der Waals surface area contributed by atoms with E-state index in [0.717, 1.165) is 12.3 Å². The molecular weight excluding hydrogens is 267 g/mol. The van der Waals surface area contributed by atoms with Crippen LogP contribution in [0, 0.1) is 5.82 Å². The molecule has 15 heavy (non-hydrogen) atoms. The van der Waals surface area contributed by atoms with Gasteiger partial charge < -0.3 is 10.4 Å². The zero-order valence-corrected chi connectivity index (χ0v) is 9.58. The minimum atomic E-state index is -0.520. The monoisotopic (exact) mass is 276 g/mol. The van der Waals surface area contributed by atoms with Crippen LogP contribution in [-0.2, 0) is 0 Å². The molecule has 0 radical (unpaired) electrons. The average Bonchev–Trinajstić information content (AvgIpc) is 2.17. The first-order valence-electron chi connectivity index (χ1n) is 4.27. The van der Waals surface area contributed by atoms with E-state index in [1.807, 2.05) is 0 Å². The van der Waals surface area contributed by atoms with Crippen molar-refractivity contribution in [2.24, 2.45) is 0 Å². The van der Waals surface area contributed by atoms with E-state index in [1.54, 1.807) is 6.92 Å². The Morgan fingerprint density at radius 1 is 1.80 bits per heavy atom. The van der Waals surface area contributed by atoms with Gasteiger partial charge in [0.15, 0.2) is 0 Å². The van der Waals surface area contributed by atoms with Crippen LogP contribution in [0.4, 0.5) is 4.39 Å². The fraction of sp³-hybridized carbons (Fsp3) is 0.333. The van der Waals surface area contributed by atoms with Crippen molar-refractivity contribution in [3.63, 3.8) is 0 Å². The van der Waals surface area contributed by atoms with Crippen LogP contribution in [0.2, 0.25) is 0 Å². The molecular formula is C9H10BrFN2O2. The number of aliphatic hydroxyl groups excluding tert-OH is 1. The summed E-state index contributed by atoms with van der Waals surface area (Å²) in [6.07, 6.45) is 0.962. The van der Waals surface area contributed by atoms with E-state index in [0.29, 0.717) is 0 Å². The van der Waals surface area contributed by atoms with Gasteiger partial charge in [0.2, 0.25) is 0 Å². The molecule has 0 saturated carbocycles. The fourth-order valence-electron chi connectivity index (χ4n) is 0.919. The highest BCUT2D eigenvalue weighted by Gasteiger charge is 2.14. The van der Waals surface area contributed by atoms with Gasteiger partial charge in [-0.25, -0.2) is 9.37 Å². The molecule has 0 aromatic carbocycles. The molecule has 0 spiro atoms. The number of rotatable bonds is 3. The second-order valence-corrected chi connectivity index (χ2v) is 3.90. The second kappa shape index (κ2) is 5.18. The molecule has 1 amide bonds. The van der Waals surface area contributed by atoms with E-state index in [-0.39, 0.29) is 22.8 Å². The van der Waals surface area contributed by atoms with Crippen LogP contribution < -0.4 is 5.32 Å². The van der Waals surface area contributed by atoms with E-state index in [4.69, 9.17) is 5.11 Å². The number of carbonyl (C=O) groups excluding carboxylic acids is 1. The summed E-state index contributed by atoms with van der Waals surface area (Å²) in [5, 5.41) is 11.2. The second-order valence-electron chi connectivity index (χ2n) is 3.04. The van der Waals surface area contributed by atoms with Crippen molar-refractivity contribution in [1.29, 1.82) is 0 Å². The molecule has 0 fully saturated rings. The molecule has 2 N–H and O–H groups in total. The summed E-state index contributed by atoms with van der Waals surface area (Å²) in [6, 6.07) is 0.794. The first-order valence-corrected chi connectivity index (χ1v) is 5.06. The highest BCUT2D eigenvalue weighted by atomic mass is 79.9. The predicted octanol–water partition coefficient (Wildman–Crippen LogP) is 1.09. The maximum absolute atomic E-state index is 12.7. The predicted molar refractivity (Wildman–Crippen MR) is 55.9 cm³/mol. The van der Waals surface area contributed by atoms with Gasteiger partial charge >= 0.3 is 0 Å². The molecule has 1 unspecified atom stereocenters. The van der Waals surface area contributed by atoms with Crippen molar-refractivity contribution in [1.82, 2.24) is 10.3 Å². The zero-order valence-electron chi connectivity index (χ0n) is 8.00. The Morgan fingerprint density at radius 3 is 3.00 bits per heavy atom. The third kappa shape index (κ3) is 3.24. The number of hydrogen-bond donors (Lipinski definition) is 2. The van der Waals surface area contributed by atoms with E-state index in [1.165, 1.54) is 0 Å². The van der Waals surface area contributed by atoms with Crippen LogP contribution in [0.3, 0.4) is 0 Å². The highest BCUT2D eigenvalue weighted by Crippen LogP contribution is 2.15.